The van der Waals surface area contributed by atoms with Gasteiger partial charge in [0.15, 0.2) is 0 Å². The third-order valence-corrected chi connectivity index (χ3v) is 4.84. The van der Waals surface area contributed by atoms with Gasteiger partial charge < -0.3 is 14.1 Å². The summed E-state index contributed by atoms with van der Waals surface area (Å²) in [6.45, 7) is 7.48. The Morgan fingerprint density at radius 2 is 1.70 bits per heavy atom. The number of hydrogen-bond donors (Lipinski definition) is 0. The van der Waals surface area contributed by atoms with Crippen LogP contribution in [0.5, 0.6) is 5.75 Å². The second-order valence-corrected chi connectivity index (χ2v) is 6.67. The van der Waals surface area contributed by atoms with E-state index in [1.807, 2.05) is 49.4 Å². The Hall–Kier alpha value is -2.79. The highest BCUT2D eigenvalue weighted by molar-refractivity contribution is 5.58. The van der Waals surface area contributed by atoms with E-state index in [-0.39, 0.29) is 0 Å². The molecule has 5 heteroatoms. The maximum Gasteiger partial charge on any atom is 0.226 e. The number of nitrogens with zero attached hydrogens (tertiary/aromatic N) is 3. The molecule has 0 unspecified atom stereocenters. The zero-order valence-corrected chi connectivity index (χ0v) is 15.7. The number of piperazine rings is 1. The van der Waals surface area contributed by atoms with Gasteiger partial charge in [-0.15, -0.1) is 0 Å². The highest BCUT2D eigenvalue weighted by Crippen LogP contribution is 2.29. The number of para-hydroxylation sites is 2. The van der Waals surface area contributed by atoms with Gasteiger partial charge in [0.2, 0.25) is 5.89 Å². The fraction of sp³-hybridized carbons (Fsp3) is 0.318. The van der Waals surface area contributed by atoms with Crippen LogP contribution in [0.4, 0.5) is 5.69 Å². The van der Waals surface area contributed by atoms with E-state index in [0.29, 0.717) is 12.5 Å². The monoisotopic (exact) mass is 363 g/mol. The summed E-state index contributed by atoms with van der Waals surface area (Å²) in [5.41, 5.74) is 3.19. The average molecular weight is 363 g/mol. The Morgan fingerprint density at radius 3 is 2.48 bits per heavy atom. The molecule has 2 heterocycles. The van der Waals surface area contributed by atoms with Crippen LogP contribution >= 0.6 is 0 Å². The highest BCUT2D eigenvalue weighted by Gasteiger charge is 2.20. The van der Waals surface area contributed by atoms with Crippen molar-refractivity contribution in [2.45, 2.75) is 13.5 Å². The van der Waals surface area contributed by atoms with Gasteiger partial charge in [-0.3, -0.25) is 4.90 Å². The van der Waals surface area contributed by atoms with Gasteiger partial charge in [0.25, 0.3) is 0 Å². The van der Waals surface area contributed by atoms with Gasteiger partial charge >= 0.3 is 0 Å². The first kappa shape index (κ1) is 17.6. The van der Waals surface area contributed by atoms with Crippen LogP contribution in [-0.4, -0.2) is 42.7 Å². The molecule has 3 aromatic rings. The van der Waals surface area contributed by atoms with E-state index < -0.39 is 0 Å². The molecular formula is C22H25N3O2. The molecule has 0 spiro atoms. The van der Waals surface area contributed by atoms with Crippen LogP contribution in [0, 0.1) is 0 Å². The summed E-state index contributed by atoms with van der Waals surface area (Å²) in [6, 6.07) is 18.3. The summed E-state index contributed by atoms with van der Waals surface area (Å²) < 4.78 is 11.4. The minimum Gasteiger partial charge on any atom is -0.492 e. The van der Waals surface area contributed by atoms with E-state index in [1.54, 1.807) is 6.26 Å². The maximum atomic E-state index is 5.78. The van der Waals surface area contributed by atoms with Crippen LogP contribution in [0.2, 0.25) is 0 Å². The molecule has 5 nitrogen and oxygen atoms in total. The van der Waals surface area contributed by atoms with Gasteiger partial charge in [-0.05, 0) is 31.2 Å². The lowest BCUT2D eigenvalue weighted by Gasteiger charge is -2.36. The van der Waals surface area contributed by atoms with Crippen LogP contribution in [0.1, 0.15) is 12.6 Å². The Morgan fingerprint density at radius 1 is 0.963 bits per heavy atom. The van der Waals surface area contributed by atoms with Crippen molar-refractivity contribution in [3.05, 3.63) is 66.6 Å². The summed E-state index contributed by atoms with van der Waals surface area (Å²) in [7, 11) is 0. The predicted octanol–water partition coefficient (Wildman–Crippen LogP) is 4.06. The van der Waals surface area contributed by atoms with Gasteiger partial charge in [0.05, 0.1) is 18.0 Å². The average Bonchev–Trinajstić information content (AvgIpc) is 3.19. The van der Waals surface area contributed by atoms with E-state index in [9.17, 15) is 0 Å². The number of anilines is 1. The molecule has 2 aromatic carbocycles. The van der Waals surface area contributed by atoms with Crippen LogP contribution < -0.4 is 9.64 Å². The molecule has 27 heavy (non-hydrogen) atoms. The van der Waals surface area contributed by atoms with E-state index in [2.05, 4.69) is 26.9 Å². The third-order valence-electron chi connectivity index (χ3n) is 4.84. The summed E-state index contributed by atoms with van der Waals surface area (Å²) >= 11 is 0. The lowest BCUT2D eigenvalue weighted by Crippen LogP contribution is -2.46. The molecule has 4 rings (SSSR count). The van der Waals surface area contributed by atoms with Crippen LogP contribution in [0.25, 0.3) is 11.5 Å². The number of benzene rings is 2. The van der Waals surface area contributed by atoms with Crippen molar-refractivity contribution in [3.63, 3.8) is 0 Å². The normalized spacial score (nSPS) is 15.1. The smallest absolute Gasteiger partial charge is 0.226 e. The number of rotatable bonds is 6. The minimum absolute atomic E-state index is 0.687. The Bertz CT molecular complexity index is 855. The number of aromatic nitrogens is 1. The molecule has 1 saturated heterocycles. The molecular weight excluding hydrogens is 338 g/mol. The first-order chi connectivity index (χ1) is 13.3. The van der Waals surface area contributed by atoms with E-state index in [1.165, 1.54) is 5.69 Å². The summed E-state index contributed by atoms with van der Waals surface area (Å²) in [6.07, 6.45) is 1.78. The molecule has 0 N–H and O–H groups in total. The van der Waals surface area contributed by atoms with Crippen LogP contribution in [0.3, 0.4) is 0 Å². The van der Waals surface area contributed by atoms with E-state index in [0.717, 1.165) is 49.7 Å². The standard InChI is InChI=1S/C22H25N3O2/c1-2-26-21-11-7-6-10-20(21)25-14-12-24(13-15-25)16-19-17-27-22(23-19)18-8-4-3-5-9-18/h3-11,17H,2,12-16H2,1H3. The van der Waals surface area contributed by atoms with Gasteiger partial charge in [-0.25, -0.2) is 4.98 Å². The molecule has 0 aliphatic carbocycles. The Balaban J connectivity index is 1.36. The van der Waals surface area contributed by atoms with Crippen molar-refractivity contribution in [2.24, 2.45) is 0 Å². The van der Waals surface area contributed by atoms with Gasteiger partial charge in [-0.2, -0.15) is 0 Å². The number of oxazole rings is 1. The first-order valence-electron chi connectivity index (χ1n) is 9.52. The zero-order valence-electron chi connectivity index (χ0n) is 15.7. The van der Waals surface area contributed by atoms with Crippen LogP contribution in [-0.2, 0) is 6.54 Å². The van der Waals surface area contributed by atoms with Crippen molar-refractivity contribution in [2.75, 3.05) is 37.7 Å². The zero-order chi connectivity index (χ0) is 18.5. The molecule has 0 saturated carbocycles. The van der Waals surface area contributed by atoms with Crippen molar-refractivity contribution in [3.8, 4) is 17.2 Å². The molecule has 1 aliphatic heterocycles. The largest absolute Gasteiger partial charge is 0.492 e. The number of hydrogen-bond acceptors (Lipinski definition) is 5. The van der Waals surface area contributed by atoms with Crippen molar-refractivity contribution < 1.29 is 9.15 Å². The molecule has 1 aliphatic rings. The van der Waals surface area contributed by atoms with Crippen molar-refractivity contribution in [1.29, 1.82) is 0 Å². The molecule has 1 aromatic heterocycles. The van der Waals surface area contributed by atoms with Crippen molar-refractivity contribution >= 4 is 5.69 Å². The fourth-order valence-electron chi connectivity index (χ4n) is 3.46. The Kier molecular flexibility index (Phi) is 5.39. The Labute approximate surface area is 160 Å². The molecule has 0 radical (unpaired) electrons. The van der Waals surface area contributed by atoms with E-state index in [4.69, 9.17) is 9.15 Å². The lowest BCUT2D eigenvalue weighted by atomic mass is 10.2. The van der Waals surface area contributed by atoms with Gasteiger partial charge in [0.1, 0.15) is 12.0 Å². The maximum absolute atomic E-state index is 5.78. The van der Waals surface area contributed by atoms with E-state index >= 15 is 0 Å². The SMILES string of the molecule is CCOc1ccccc1N1CCN(Cc2coc(-c3ccccc3)n2)CC1. The second kappa shape index (κ2) is 8.27. The molecule has 1 fully saturated rings. The second-order valence-electron chi connectivity index (χ2n) is 6.67. The van der Waals surface area contributed by atoms with Gasteiger partial charge in [0, 0.05) is 38.3 Å². The first-order valence-corrected chi connectivity index (χ1v) is 9.52. The van der Waals surface area contributed by atoms with Crippen molar-refractivity contribution in [1.82, 2.24) is 9.88 Å². The molecule has 0 atom stereocenters. The molecule has 0 amide bonds. The summed E-state index contributed by atoms with van der Waals surface area (Å²) in [5.74, 6) is 1.66. The van der Waals surface area contributed by atoms with Crippen LogP contribution in [0.15, 0.2) is 65.3 Å². The fourth-order valence-corrected chi connectivity index (χ4v) is 3.46. The predicted molar refractivity (Wildman–Crippen MR) is 107 cm³/mol. The molecule has 140 valence electrons. The lowest BCUT2D eigenvalue weighted by molar-refractivity contribution is 0.245. The third kappa shape index (κ3) is 4.14. The summed E-state index contributed by atoms with van der Waals surface area (Å²) in [5, 5.41) is 0. The number of ether oxygens (including phenoxy) is 1. The minimum atomic E-state index is 0.687. The summed E-state index contributed by atoms with van der Waals surface area (Å²) in [4.78, 5) is 9.47. The quantitative estimate of drug-likeness (QED) is 0.661. The van der Waals surface area contributed by atoms with Gasteiger partial charge in [-0.1, -0.05) is 30.3 Å². The highest BCUT2D eigenvalue weighted by atomic mass is 16.5. The topological polar surface area (TPSA) is 41.7 Å². The molecule has 0 bridgehead atoms.